The summed E-state index contributed by atoms with van der Waals surface area (Å²) in [5.41, 5.74) is 0.164. The van der Waals surface area contributed by atoms with Crippen molar-refractivity contribution in [3.05, 3.63) is 35.1 Å². The van der Waals surface area contributed by atoms with Crippen LogP contribution in [0.1, 0.15) is 28.8 Å². The first-order valence-electron chi connectivity index (χ1n) is 6.58. The lowest BCUT2D eigenvalue weighted by Gasteiger charge is -2.32. The molecule has 0 atom stereocenters. The smallest absolute Gasteiger partial charge is 0.391 e. The average Bonchev–Trinajstić information content (AvgIpc) is 2.40. The standard InChI is InChI=1S/C14H15F4NO2/c15-12-2-1-9(13(20)21)7-10(12)8-19-5-3-11(4-6-19)14(16,17)18/h1-2,7,11H,3-6,8H2,(H,20,21). The third-order valence-corrected chi connectivity index (χ3v) is 3.74. The number of likely N-dealkylation sites (tertiary alicyclic amines) is 1. The number of hydrogen-bond donors (Lipinski definition) is 1. The van der Waals surface area contributed by atoms with E-state index in [4.69, 9.17) is 5.11 Å². The van der Waals surface area contributed by atoms with Gasteiger partial charge in [-0.25, -0.2) is 9.18 Å². The molecule has 21 heavy (non-hydrogen) atoms. The second-order valence-corrected chi connectivity index (χ2v) is 5.20. The molecule has 1 fully saturated rings. The molecule has 1 aliphatic rings. The highest BCUT2D eigenvalue weighted by molar-refractivity contribution is 5.87. The fourth-order valence-corrected chi connectivity index (χ4v) is 2.49. The molecule has 7 heteroatoms. The van der Waals surface area contributed by atoms with Gasteiger partial charge in [0.1, 0.15) is 5.82 Å². The van der Waals surface area contributed by atoms with E-state index in [0.29, 0.717) is 0 Å². The van der Waals surface area contributed by atoms with Crippen LogP contribution in [-0.2, 0) is 6.54 Å². The Kier molecular flexibility index (Phi) is 4.51. The molecule has 1 aromatic carbocycles. The van der Waals surface area contributed by atoms with Crippen LogP contribution in [0.15, 0.2) is 18.2 Å². The normalized spacial score (nSPS) is 17.9. The molecular weight excluding hydrogens is 290 g/mol. The predicted octanol–water partition coefficient (Wildman–Crippen LogP) is 3.30. The van der Waals surface area contributed by atoms with Gasteiger partial charge in [0.2, 0.25) is 0 Å². The molecule has 116 valence electrons. The molecule has 1 N–H and O–H groups in total. The highest BCUT2D eigenvalue weighted by atomic mass is 19.4. The molecule has 2 rings (SSSR count). The van der Waals surface area contributed by atoms with E-state index in [1.165, 1.54) is 6.07 Å². The number of carboxylic acid groups (broad SMARTS) is 1. The number of piperidine rings is 1. The second-order valence-electron chi connectivity index (χ2n) is 5.20. The summed E-state index contributed by atoms with van der Waals surface area (Å²) in [6.07, 6.45) is -4.20. The molecule has 0 unspecified atom stereocenters. The van der Waals surface area contributed by atoms with Gasteiger partial charge in [0.05, 0.1) is 11.5 Å². The molecular formula is C14H15F4NO2. The van der Waals surface area contributed by atoms with Crippen molar-refractivity contribution in [2.75, 3.05) is 13.1 Å². The molecule has 1 aromatic rings. The van der Waals surface area contributed by atoms with Crippen LogP contribution >= 0.6 is 0 Å². The lowest BCUT2D eigenvalue weighted by atomic mass is 9.96. The third-order valence-electron chi connectivity index (χ3n) is 3.74. The van der Waals surface area contributed by atoms with Gasteiger partial charge in [-0.15, -0.1) is 0 Å². The van der Waals surface area contributed by atoms with E-state index >= 15 is 0 Å². The van der Waals surface area contributed by atoms with Gasteiger partial charge in [-0.05, 0) is 44.1 Å². The van der Waals surface area contributed by atoms with Gasteiger partial charge in [-0.3, -0.25) is 4.90 Å². The summed E-state index contributed by atoms with van der Waals surface area (Å²) >= 11 is 0. The summed E-state index contributed by atoms with van der Waals surface area (Å²) in [4.78, 5) is 12.6. The van der Waals surface area contributed by atoms with Crippen molar-refractivity contribution in [1.29, 1.82) is 0 Å². The lowest BCUT2D eigenvalue weighted by Crippen LogP contribution is -2.38. The molecule has 0 aromatic heterocycles. The van der Waals surface area contributed by atoms with Crippen molar-refractivity contribution in [3.8, 4) is 0 Å². The fourth-order valence-electron chi connectivity index (χ4n) is 2.49. The summed E-state index contributed by atoms with van der Waals surface area (Å²) in [5.74, 6) is -3.01. The largest absolute Gasteiger partial charge is 0.478 e. The van der Waals surface area contributed by atoms with Crippen LogP contribution in [0.2, 0.25) is 0 Å². The number of nitrogens with zero attached hydrogens (tertiary/aromatic N) is 1. The van der Waals surface area contributed by atoms with Crippen molar-refractivity contribution >= 4 is 5.97 Å². The molecule has 1 heterocycles. The molecule has 0 aliphatic carbocycles. The van der Waals surface area contributed by atoms with Crippen LogP contribution in [0, 0.1) is 11.7 Å². The Morgan fingerprint density at radius 3 is 2.43 bits per heavy atom. The van der Waals surface area contributed by atoms with Crippen molar-refractivity contribution in [2.24, 2.45) is 5.92 Å². The molecule has 1 aliphatic heterocycles. The summed E-state index contributed by atoms with van der Waals surface area (Å²) < 4.78 is 51.3. The van der Waals surface area contributed by atoms with E-state index < -0.39 is 23.9 Å². The Labute approximate surface area is 119 Å². The van der Waals surface area contributed by atoms with Gasteiger partial charge >= 0.3 is 12.1 Å². The Balaban J connectivity index is 2.01. The van der Waals surface area contributed by atoms with Gasteiger partial charge < -0.3 is 5.11 Å². The Bertz CT molecular complexity index is 522. The highest BCUT2D eigenvalue weighted by Crippen LogP contribution is 2.34. The van der Waals surface area contributed by atoms with Gasteiger partial charge in [-0.1, -0.05) is 0 Å². The molecule has 0 radical (unpaired) electrons. The summed E-state index contributed by atoms with van der Waals surface area (Å²) in [7, 11) is 0. The third kappa shape index (κ3) is 3.93. The van der Waals surface area contributed by atoms with Gasteiger partial charge in [0, 0.05) is 12.1 Å². The topological polar surface area (TPSA) is 40.5 Å². The quantitative estimate of drug-likeness (QED) is 0.871. The zero-order valence-electron chi connectivity index (χ0n) is 11.2. The summed E-state index contributed by atoms with van der Waals surface area (Å²) in [5, 5.41) is 8.87. The van der Waals surface area contributed by atoms with E-state index in [-0.39, 0.29) is 43.6 Å². The number of carbonyl (C=O) groups is 1. The first kappa shape index (κ1) is 15.8. The predicted molar refractivity (Wildman–Crippen MR) is 67.4 cm³/mol. The van der Waals surface area contributed by atoms with E-state index in [1.54, 1.807) is 4.90 Å². The summed E-state index contributed by atoms with van der Waals surface area (Å²) in [6.45, 7) is 0.569. The number of benzene rings is 1. The molecule has 0 spiro atoms. The van der Waals surface area contributed by atoms with Gasteiger partial charge in [-0.2, -0.15) is 13.2 Å². The first-order chi connectivity index (χ1) is 9.77. The van der Waals surface area contributed by atoms with Crippen LogP contribution in [0.5, 0.6) is 0 Å². The van der Waals surface area contributed by atoms with Crippen LogP contribution in [-0.4, -0.2) is 35.2 Å². The second kappa shape index (κ2) is 6.01. The van der Waals surface area contributed by atoms with Crippen LogP contribution < -0.4 is 0 Å². The maximum absolute atomic E-state index is 13.7. The average molecular weight is 305 g/mol. The van der Waals surface area contributed by atoms with E-state index in [9.17, 15) is 22.4 Å². The minimum absolute atomic E-state index is 0.0102. The number of carboxylic acids is 1. The minimum Gasteiger partial charge on any atom is -0.478 e. The van der Waals surface area contributed by atoms with Crippen LogP contribution in [0.25, 0.3) is 0 Å². The monoisotopic (exact) mass is 305 g/mol. The van der Waals surface area contributed by atoms with Crippen molar-refractivity contribution in [2.45, 2.75) is 25.6 Å². The van der Waals surface area contributed by atoms with Crippen LogP contribution in [0.4, 0.5) is 17.6 Å². The number of halogens is 4. The SMILES string of the molecule is O=C(O)c1ccc(F)c(CN2CCC(C(F)(F)F)CC2)c1. The highest BCUT2D eigenvalue weighted by Gasteiger charge is 2.41. The van der Waals surface area contributed by atoms with Crippen LogP contribution in [0.3, 0.4) is 0 Å². The van der Waals surface area contributed by atoms with Gasteiger partial charge in [0.25, 0.3) is 0 Å². The van der Waals surface area contributed by atoms with E-state index in [1.807, 2.05) is 0 Å². The lowest BCUT2D eigenvalue weighted by molar-refractivity contribution is -0.185. The van der Waals surface area contributed by atoms with E-state index in [2.05, 4.69) is 0 Å². The zero-order valence-corrected chi connectivity index (χ0v) is 11.2. The minimum atomic E-state index is -4.18. The molecule has 0 saturated carbocycles. The molecule has 0 bridgehead atoms. The fraction of sp³-hybridized carbons (Fsp3) is 0.500. The number of rotatable bonds is 3. The van der Waals surface area contributed by atoms with Crippen molar-refractivity contribution < 1.29 is 27.5 Å². The maximum Gasteiger partial charge on any atom is 0.391 e. The maximum atomic E-state index is 13.7. The van der Waals surface area contributed by atoms with Crippen molar-refractivity contribution in [3.63, 3.8) is 0 Å². The Morgan fingerprint density at radius 2 is 1.90 bits per heavy atom. The Hall–Kier alpha value is -1.63. The number of aromatic carboxylic acids is 1. The molecule has 3 nitrogen and oxygen atoms in total. The van der Waals surface area contributed by atoms with Crippen molar-refractivity contribution in [1.82, 2.24) is 4.90 Å². The van der Waals surface area contributed by atoms with E-state index in [0.717, 1.165) is 12.1 Å². The molecule has 1 saturated heterocycles. The Morgan fingerprint density at radius 1 is 1.29 bits per heavy atom. The van der Waals surface area contributed by atoms with Gasteiger partial charge in [0.15, 0.2) is 0 Å². The summed E-state index contributed by atoms with van der Waals surface area (Å²) in [6, 6.07) is 3.46. The number of alkyl halides is 3. The molecule has 0 amide bonds. The number of hydrogen-bond acceptors (Lipinski definition) is 2. The zero-order chi connectivity index (χ0) is 15.6. The first-order valence-corrected chi connectivity index (χ1v) is 6.58.